The van der Waals surface area contributed by atoms with Crippen molar-refractivity contribution in [3.63, 3.8) is 0 Å². The smallest absolute Gasteiger partial charge is 0.222 e. The molecule has 1 aromatic heterocycles. The molecule has 0 aromatic carbocycles. The number of nitrogens with zero attached hydrogens (tertiary/aromatic N) is 1. The molecule has 3 rings (SSSR count). The molecule has 2 saturated heterocycles. The molecule has 2 fully saturated rings. The molecule has 0 spiro atoms. The predicted octanol–water partition coefficient (Wildman–Crippen LogP) is 1.32. The number of rotatable bonds is 2. The maximum atomic E-state index is 11.9. The molecule has 5 heteroatoms. The summed E-state index contributed by atoms with van der Waals surface area (Å²) in [5.41, 5.74) is 1.05. The average molecular weight is 264 g/mol. The van der Waals surface area contributed by atoms with Crippen LogP contribution in [0.3, 0.4) is 0 Å². The molecule has 2 aliphatic heterocycles. The first-order valence-electron chi connectivity index (χ1n) is 6.89. The highest BCUT2D eigenvalue weighted by Crippen LogP contribution is 2.28. The molecule has 2 aliphatic rings. The molecular weight excluding hydrogens is 244 g/mol. The van der Waals surface area contributed by atoms with Crippen molar-refractivity contribution in [3.05, 3.63) is 24.2 Å². The van der Waals surface area contributed by atoms with Crippen molar-refractivity contribution in [2.24, 2.45) is 0 Å². The Morgan fingerprint density at radius 2 is 2.37 bits per heavy atom. The van der Waals surface area contributed by atoms with Crippen LogP contribution in [0.15, 0.2) is 23.0 Å². The predicted molar refractivity (Wildman–Crippen MR) is 69.6 cm³/mol. The van der Waals surface area contributed by atoms with Crippen LogP contribution in [0.2, 0.25) is 0 Å². The van der Waals surface area contributed by atoms with Gasteiger partial charge >= 0.3 is 0 Å². The van der Waals surface area contributed by atoms with Gasteiger partial charge < -0.3 is 14.5 Å². The third-order valence-corrected chi connectivity index (χ3v) is 4.10. The fraction of sp³-hybridized carbons (Fsp3) is 0.643. The summed E-state index contributed by atoms with van der Waals surface area (Å²) < 4.78 is 10.6. The van der Waals surface area contributed by atoms with Crippen LogP contribution in [-0.2, 0) is 9.53 Å². The lowest BCUT2D eigenvalue weighted by atomic mass is 9.92. The summed E-state index contributed by atoms with van der Waals surface area (Å²) in [6, 6.07) is 2.68. The molecule has 0 radical (unpaired) electrons. The minimum Gasteiger partial charge on any atom is -0.472 e. The zero-order chi connectivity index (χ0) is 13.2. The van der Waals surface area contributed by atoms with E-state index in [1.807, 2.05) is 6.07 Å². The van der Waals surface area contributed by atoms with Gasteiger partial charge in [-0.1, -0.05) is 0 Å². The number of hydrogen-bond acceptors (Lipinski definition) is 4. The van der Waals surface area contributed by atoms with E-state index < -0.39 is 0 Å². The fourth-order valence-corrected chi connectivity index (χ4v) is 3.11. The topological polar surface area (TPSA) is 54.7 Å². The SMILES string of the molecule is C[C@@H]1COCCN1C1CC(=O)NC(c2ccoc2)C1. The van der Waals surface area contributed by atoms with Gasteiger partial charge in [-0.2, -0.15) is 0 Å². The van der Waals surface area contributed by atoms with Gasteiger partial charge in [0.25, 0.3) is 0 Å². The van der Waals surface area contributed by atoms with Gasteiger partial charge in [-0.3, -0.25) is 9.69 Å². The summed E-state index contributed by atoms with van der Waals surface area (Å²) in [6.07, 6.45) is 4.90. The maximum Gasteiger partial charge on any atom is 0.222 e. The molecule has 5 nitrogen and oxygen atoms in total. The average Bonchev–Trinajstić information content (AvgIpc) is 2.92. The Bertz CT molecular complexity index is 432. The van der Waals surface area contributed by atoms with Gasteiger partial charge in [-0.05, 0) is 19.4 Å². The molecule has 3 heterocycles. The monoisotopic (exact) mass is 264 g/mol. The lowest BCUT2D eigenvalue weighted by molar-refractivity contribution is -0.127. The molecule has 3 atom stereocenters. The Balaban J connectivity index is 1.73. The molecule has 104 valence electrons. The van der Waals surface area contributed by atoms with Crippen molar-refractivity contribution in [3.8, 4) is 0 Å². The second-order valence-corrected chi connectivity index (χ2v) is 5.43. The Hall–Kier alpha value is -1.33. The summed E-state index contributed by atoms with van der Waals surface area (Å²) in [7, 11) is 0. The number of furan rings is 1. The van der Waals surface area contributed by atoms with Crippen molar-refractivity contribution in [2.75, 3.05) is 19.8 Å². The van der Waals surface area contributed by atoms with Crippen LogP contribution in [0.4, 0.5) is 0 Å². The Morgan fingerprint density at radius 3 is 3.11 bits per heavy atom. The van der Waals surface area contributed by atoms with Gasteiger partial charge in [0.05, 0.1) is 31.8 Å². The summed E-state index contributed by atoms with van der Waals surface area (Å²) in [5, 5.41) is 3.05. The number of amides is 1. The van der Waals surface area contributed by atoms with Crippen LogP contribution in [0.25, 0.3) is 0 Å². The number of carbonyl (C=O) groups is 1. The minimum atomic E-state index is 0.0695. The Morgan fingerprint density at radius 1 is 1.47 bits per heavy atom. The Kier molecular flexibility index (Phi) is 3.57. The van der Waals surface area contributed by atoms with Crippen molar-refractivity contribution >= 4 is 5.91 Å². The number of carbonyl (C=O) groups excluding carboxylic acids is 1. The second-order valence-electron chi connectivity index (χ2n) is 5.43. The molecule has 0 saturated carbocycles. The molecule has 0 bridgehead atoms. The van der Waals surface area contributed by atoms with Gasteiger partial charge in [0, 0.05) is 30.6 Å². The first kappa shape index (κ1) is 12.7. The van der Waals surface area contributed by atoms with E-state index in [0.29, 0.717) is 18.5 Å². The van der Waals surface area contributed by atoms with Crippen molar-refractivity contribution < 1.29 is 13.9 Å². The van der Waals surface area contributed by atoms with E-state index in [1.54, 1.807) is 12.5 Å². The first-order valence-corrected chi connectivity index (χ1v) is 6.89. The highest BCUT2D eigenvalue weighted by molar-refractivity contribution is 5.78. The number of ether oxygens (including phenoxy) is 1. The molecular formula is C14H20N2O3. The minimum absolute atomic E-state index is 0.0695. The third-order valence-electron chi connectivity index (χ3n) is 4.10. The largest absolute Gasteiger partial charge is 0.472 e. The summed E-state index contributed by atoms with van der Waals surface area (Å²) in [6.45, 7) is 4.60. The molecule has 1 N–H and O–H groups in total. The van der Waals surface area contributed by atoms with Gasteiger partial charge in [-0.15, -0.1) is 0 Å². The number of nitrogens with one attached hydrogen (secondary N) is 1. The van der Waals surface area contributed by atoms with Gasteiger partial charge in [0.15, 0.2) is 0 Å². The van der Waals surface area contributed by atoms with Crippen LogP contribution < -0.4 is 5.32 Å². The molecule has 2 unspecified atom stereocenters. The summed E-state index contributed by atoms with van der Waals surface area (Å²) in [5.74, 6) is 0.126. The van der Waals surface area contributed by atoms with E-state index in [9.17, 15) is 4.79 Å². The molecule has 0 aliphatic carbocycles. The van der Waals surface area contributed by atoms with Gasteiger partial charge in [-0.25, -0.2) is 0 Å². The Labute approximate surface area is 112 Å². The standard InChI is InChI=1S/C14H20N2O3/c1-10-8-19-5-3-16(10)12-6-13(15-14(17)7-12)11-2-4-18-9-11/h2,4,9-10,12-13H,3,5-8H2,1H3,(H,15,17)/t10-,12?,13?/m1/s1. The quantitative estimate of drug-likeness (QED) is 0.875. The zero-order valence-corrected chi connectivity index (χ0v) is 11.2. The van der Waals surface area contributed by atoms with E-state index in [-0.39, 0.29) is 11.9 Å². The van der Waals surface area contributed by atoms with E-state index in [0.717, 1.165) is 31.7 Å². The number of piperidine rings is 1. The van der Waals surface area contributed by atoms with E-state index in [4.69, 9.17) is 9.15 Å². The van der Waals surface area contributed by atoms with Gasteiger partial charge in [0.1, 0.15) is 0 Å². The van der Waals surface area contributed by atoms with Crippen LogP contribution in [0.1, 0.15) is 31.4 Å². The van der Waals surface area contributed by atoms with Gasteiger partial charge in [0.2, 0.25) is 5.91 Å². The highest BCUT2D eigenvalue weighted by Gasteiger charge is 2.34. The highest BCUT2D eigenvalue weighted by atomic mass is 16.5. The van der Waals surface area contributed by atoms with E-state index in [1.165, 1.54) is 0 Å². The van der Waals surface area contributed by atoms with Crippen molar-refractivity contribution in [1.29, 1.82) is 0 Å². The summed E-state index contributed by atoms with van der Waals surface area (Å²) >= 11 is 0. The maximum absolute atomic E-state index is 11.9. The van der Waals surface area contributed by atoms with Crippen molar-refractivity contribution in [2.45, 2.75) is 37.9 Å². The number of morpholine rings is 1. The normalized spacial score (nSPS) is 33.1. The summed E-state index contributed by atoms with van der Waals surface area (Å²) in [4.78, 5) is 14.3. The van der Waals surface area contributed by atoms with E-state index in [2.05, 4.69) is 17.1 Å². The van der Waals surface area contributed by atoms with E-state index >= 15 is 0 Å². The molecule has 1 aromatic rings. The lowest BCUT2D eigenvalue weighted by Crippen LogP contribution is -2.54. The van der Waals surface area contributed by atoms with Crippen LogP contribution in [-0.4, -0.2) is 42.6 Å². The van der Waals surface area contributed by atoms with Crippen LogP contribution >= 0.6 is 0 Å². The first-order chi connectivity index (χ1) is 9.24. The molecule has 1 amide bonds. The van der Waals surface area contributed by atoms with Crippen LogP contribution in [0, 0.1) is 0 Å². The molecule has 19 heavy (non-hydrogen) atoms. The third kappa shape index (κ3) is 2.67. The van der Waals surface area contributed by atoms with Crippen LogP contribution in [0.5, 0.6) is 0 Å². The second kappa shape index (κ2) is 5.35. The lowest BCUT2D eigenvalue weighted by Gasteiger charge is -2.42. The van der Waals surface area contributed by atoms with Crippen molar-refractivity contribution in [1.82, 2.24) is 10.2 Å². The zero-order valence-electron chi connectivity index (χ0n) is 11.2. The number of hydrogen-bond donors (Lipinski definition) is 1. The fourth-order valence-electron chi connectivity index (χ4n) is 3.11.